The minimum absolute atomic E-state index is 0.173. The number of rotatable bonds is 8. The lowest BCUT2D eigenvalue weighted by Gasteiger charge is -2.11. The minimum atomic E-state index is -0.514. The van der Waals surface area contributed by atoms with Gasteiger partial charge < -0.3 is 13.9 Å². The second-order valence-electron chi connectivity index (χ2n) is 8.48. The molecule has 39 heavy (non-hydrogen) atoms. The first-order valence-electron chi connectivity index (χ1n) is 11.8. The fourth-order valence-electron chi connectivity index (χ4n) is 4.01. The largest absolute Gasteiger partial charge is 0.497 e. The number of thioether (sulfide) groups is 2. The van der Waals surface area contributed by atoms with E-state index in [0.29, 0.717) is 56.1 Å². The van der Waals surface area contributed by atoms with Gasteiger partial charge in [0.1, 0.15) is 22.9 Å². The quantitative estimate of drug-likeness (QED) is 0.148. The van der Waals surface area contributed by atoms with Gasteiger partial charge in [0.2, 0.25) is 5.43 Å². The smallest absolute Gasteiger partial charge is 0.290 e. The van der Waals surface area contributed by atoms with Crippen molar-refractivity contribution in [2.45, 2.75) is 11.8 Å². The van der Waals surface area contributed by atoms with Gasteiger partial charge in [-0.3, -0.25) is 19.7 Å². The van der Waals surface area contributed by atoms with Crippen molar-refractivity contribution in [2.24, 2.45) is 0 Å². The summed E-state index contributed by atoms with van der Waals surface area (Å²) in [5.74, 6) is 1.20. The summed E-state index contributed by atoms with van der Waals surface area (Å²) in [4.78, 5) is 37.5. The molecule has 1 fully saturated rings. The van der Waals surface area contributed by atoms with E-state index in [0.717, 1.165) is 17.3 Å². The van der Waals surface area contributed by atoms with Crippen LogP contribution in [0.3, 0.4) is 0 Å². The Morgan fingerprint density at radius 2 is 1.72 bits per heavy atom. The highest BCUT2D eigenvalue weighted by Gasteiger charge is 2.27. The molecule has 0 radical (unpaired) electrons. The number of ether oxygens (including phenoxy) is 2. The predicted molar refractivity (Wildman–Crippen MR) is 151 cm³/mol. The molecule has 0 atom stereocenters. The maximum Gasteiger partial charge on any atom is 0.290 e. The van der Waals surface area contributed by atoms with Crippen molar-refractivity contribution in [3.8, 4) is 22.8 Å². The number of carbonyl (C=O) groups excluding carboxylic acids is 2. The fourth-order valence-corrected chi connectivity index (χ4v) is 5.66. The average Bonchev–Trinajstić information content (AvgIpc) is 3.29. The summed E-state index contributed by atoms with van der Waals surface area (Å²) in [7, 11) is 1.57. The third kappa shape index (κ3) is 5.71. The monoisotopic (exact) mass is 563 g/mol. The zero-order chi connectivity index (χ0) is 27.5. The molecule has 3 aromatic carbocycles. The van der Waals surface area contributed by atoms with Gasteiger partial charge in [-0.1, -0.05) is 12.1 Å². The first-order valence-corrected chi connectivity index (χ1v) is 13.6. The van der Waals surface area contributed by atoms with Crippen molar-refractivity contribution in [1.82, 2.24) is 5.32 Å². The van der Waals surface area contributed by atoms with E-state index in [2.05, 4.69) is 5.32 Å². The highest BCUT2D eigenvalue weighted by atomic mass is 32.2. The Balaban J connectivity index is 1.32. The summed E-state index contributed by atoms with van der Waals surface area (Å²) >= 11 is 2.16. The molecule has 10 heteroatoms. The summed E-state index contributed by atoms with van der Waals surface area (Å²) in [5, 5.41) is 2.05. The van der Waals surface area contributed by atoms with Crippen LogP contribution in [-0.4, -0.2) is 30.6 Å². The fraction of sp³-hybridized carbons (Fsp3) is 0.138. The molecule has 2 heterocycles. The molecule has 7 nitrogen and oxygen atoms in total. The molecule has 2 amide bonds. The van der Waals surface area contributed by atoms with Crippen LogP contribution in [0.5, 0.6) is 11.5 Å². The van der Waals surface area contributed by atoms with Gasteiger partial charge in [0, 0.05) is 11.3 Å². The maximum atomic E-state index is 13.9. The third-order valence-corrected chi connectivity index (χ3v) is 8.02. The first-order chi connectivity index (χ1) is 18.8. The molecule has 1 aromatic heterocycles. The van der Waals surface area contributed by atoms with E-state index >= 15 is 0 Å². The van der Waals surface area contributed by atoms with Gasteiger partial charge in [-0.2, -0.15) is 0 Å². The van der Waals surface area contributed by atoms with Crippen LogP contribution in [0, 0.1) is 5.82 Å². The highest BCUT2D eigenvalue weighted by molar-refractivity contribution is 8.18. The van der Waals surface area contributed by atoms with Crippen LogP contribution in [-0.2, 0) is 4.79 Å². The molecule has 0 unspecified atom stereocenters. The van der Waals surface area contributed by atoms with Crippen LogP contribution in [0.1, 0.15) is 12.5 Å². The Hall–Kier alpha value is -4.02. The number of imide groups is 1. The van der Waals surface area contributed by atoms with Crippen molar-refractivity contribution < 1.29 is 27.9 Å². The van der Waals surface area contributed by atoms with Gasteiger partial charge in [-0.05, 0) is 84.4 Å². The van der Waals surface area contributed by atoms with Crippen molar-refractivity contribution in [3.05, 3.63) is 93.2 Å². The Morgan fingerprint density at radius 3 is 2.38 bits per heavy atom. The lowest BCUT2D eigenvalue weighted by molar-refractivity contribution is -0.115. The van der Waals surface area contributed by atoms with Crippen LogP contribution in [0.2, 0.25) is 0 Å². The molecule has 5 rings (SSSR count). The zero-order valence-electron chi connectivity index (χ0n) is 20.9. The van der Waals surface area contributed by atoms with E-state index in [1.165, 1.54) is 30.0 Å². The number of allylic oxidation sites excluding steroid dienone is 1. The van der Waals surface area contributed by atoms with E-state index in [4.69, 9.17) is 13.9 Å². The molecular weight excluding hydrogens is 541 g/mol. The molecule has 1 aliphatic rings. The second-order valence-corrected chi connectivity index (χ2v) is 10.6. The molecule has 0 saturated carbocycles. The van der Waals surface area contributed by atoms with Gasteiger partial charge in [0.15, 0.2) is 5.76 Å². The number of benzene rings is 3. The third-order valence-electron chi connectivity index (χ3n) is 6.01. The van der Waals surface area contributed by atoms with Crippen molar-refractivity contribution in [2.75, 3.05) is 19.5 Å². The molecule has 0 spiro atoms. The van der Waals surface area contributed by atoms with E-state index in [1.807, 2.05) is 12.1 Å². The Morgan fingerprint density at radius 1 is 1.00 bits per heavy atom. The maximum absolute atomic E-state index is 13.9. The number of halogens is 1. The topological polar surface area (TPSA) is 94.8 Å². The molecule has 1 N–H and O–H groups in total. The normalized spacial score (nSPS) is 14.4. The predicted octanol–water partition coefficient (Wildman–Crippen LogP) is 6.49. The number of methoxy groups -OCH3 is 1. The number of hydrogen-bond donors (Lipinski definition) is 1. The Bertz CT molecular complexity index is 1660. The average molecular weight is 564 g/mol. The summed E-state index contributed by atoms with van der Waals surface area (Å²) in [6, 6.07) is 18.2. The van der Waals surface area contributed by atoms with E-state index in [9.17, 15) is 18.8 Å². The van der Waals surface area contributed by atoms with Gasteiger partial charge in [0.25, 0.3) is 11.1 Å². The second kappa shape index (κ2) is 11.4. The van der Waals surface area contributed by atoms with Crippen molar-refractivity contribution in [1.29, 1.82) is 0 Å². The van der Waals surface area contributed by atoms with Crippen molar-refractivity contribution >= 4 is 51.2 Å². The van der Waals surface area contributed by atoms with E-state index in [1.54, 1.807) is 50.4 Å². The number of amides is 2. The number of nitrogens with one attached hydrogen (secondary N) is 1. The van der Waals surface area contributed by atoms with Gasteiger partial charge in [-0.15, -0.1) is 11.8 Å². The first kappa shape index (κ1) is 26.6. The lowest BCUT2D eigenvalue weighted by Crippen LogP contribution is -2.18. The van der Waals surface area contributed by atoms with Crippen LogP contribution >= 0.6 is 23.5 Å². The Labute approximate surface area is 231 Å². The van der Waals surface area contributed by atoms with Gasteiger partial charge in [-0.25, -0.2) is 4.39 Å². The molecule has 0 bridgehead atoms. The summed E-state index contributed by atoms with van der Waals surface area (Å²) in [6.07, 6.45) is 0. The minimum Gasteiger partial charge on any atom is -0.497 e. The SMILES string of the molecule is COc1ccc(-c2oc3ccc(F)cc3c(=O)c2SCCOc2ccc(/C(C)=C3\SC(=O)NC3=O)cc2)cc1. The van der Waals surface area contributed by atoms with Crippen molar-refractivity contribution in [3.63, 3.8) is 0 Å². The number of fused-ring (bicyclic) bond motifs is 1. The van der Waals surface area contributed by atoms with Crippen LogP contribution in [0.15, 0.2) is 85.7 Å². The standard InChI is InChI=1S/C29H22FNO6S2/c1-16(26-28(33)31-29(34)39-26)17-3-10-21(11-4-17)36-13-14-38-27-24(32)22-15-19(30)7-12-23(22)37-25(27)18-5-8-20(35-2)9-6-18/h3-12,15H,13-14H2,1-2H3,(H,31,33,34)/b26-16-. The Kier molecular flexibility index (Phi) is 7.76. The highest BCUT2D eigenvalue weighted by Crippen LogP contribution is 2.34. The molecule has 1 aliphatic heterocycles. The van der Waals surface area contributed by atoms with E-state index in [-0.39, 0.29) is 16.1 Å². The lowest BCUT2D eigenvalue weighted by atomic mass is 10.1. The van der Waals surface area contributed by atoms with Gasteiger partial charge in [0.05, 0.1) is 28.9 Å². The van der Waals surface area contributed by atoms with E-state index < -0.39 is 11.7 Å². The van der Waals surface area contributed by atoms with Crippen LogP contribution in [0.25, 0.3) is 27.9 Å². The molecule has 0 aliphatic carbocycles. The summed E-state index contributed by atoms with van der Waals surface area (Å²) in [6.45, 7) is 2.08. The molecular formula is C29H22FNO6S2. The van der Waals surface area contributed by atoms with Crippen LogP contribution < -0.4 is 20.2 Å². The molecule has 198 valence electrons. The zero-order valence-corrected chi connectivity index (χ0v) is 22.5. The van der Waals surface area contributed by atoms with Crippen LogP contribution in [0.4, 0.5) is 9.18 Å². The number of carbonyl (C=O) groups is 2. The number of hydrogen-bond acceptors (Lipinski definition) is 8. The summed E-state index contributed by atoms with van der Waals surface area (Å²) in [5.41, 5.74) is 2.19. The molecule has 4 aromatic rings. The van der Waals surface area contributed by atoms with Gasteiger partial charge >= 0.3 is 0 Å². The summed E-state index contributed by atoms with van der Waals surface area (Å²) < 4.78 is 31.1. The molecule has 1 saturated heterocycles.